The van der Waals surface area contributed by atoms with Crippen LogP contribution in [0.4, 0.5) is 4.39 Å². The van der Waals surface area contributed by atoms with Crippen molar-refractivity contribution in [3.63, 3.8) is 0 Å². The number of benzene rings is 2. The second-order valence-corrected chi connectivity index (χ2v) is 6.08. The lowest BCUT2D eigenvalue weighted by atomic mass is 9.95. The molecule has 2 aromatic carbocycles. The molecule has 0 saturated carbocycles. The lowest BCUT2D eigenvalue weighted by Crippen LogP contribution is -2.32. The van der Waals surface area contributed by atoms with Gasteiger partial charge in [0.15, 0.2) is 11.5 Å². The summed E-state index contributed by atoms with van der Waals surface area (Å²) in [6, 6.07) is 11.3. The van der Waals surface area contributed by atoms with Crippen molar-refractivity contribution in [1.29, 1.82) is 0 Å². The number of carbonyl (C=O) groups is 1. The molecule has 0 saturated heterocycles. The Bertz CT molecular complexity index is 745. The Balaban J connectivity index is 1.85. The van der Waals surface area contributed by atoms with Crippen LogP contribution in [0, 0.1) is 11.7 Å². The van der Waals surface area contributed by atoms with Crippen molar-refractivity contribution in [2.45, 2.75) is 19.9 Å². The van der Waals surface area contributed by atoms with E-state index >= 15 is 0 Å². The maximum absolute atomic E-state index is 13.8. The fourth-order valence-corrected chi connectivity index (χ4v) is 2.75. The topological polar surface area (TPSA) is 47.6 Å². The minimum absolute atomic E-state index is 0.0423. The van der Waals surface area contributed by atoms with Gasteiger partial charge in [0.05, 0.1) is 11.6 Å². The average molecular weight is 329 g/mol. The number of nitrogens with one attached hydrogen (secondary N) is 1. The van der Waals surface area contributed by atoms with E-state index in [4.69, 9.17) is 9.47 Å². The summed E-state index contributed by atoms with van der Waals surface area (Å²) in [4.78, 5) is 12.4. The van der Waals surface area contributed by atoms with Gasteiger partial charge in [-0.2, -0.15) is 0 Å². The number of hydrogen-bond donors (Lipinski definition) is 1. The van der Waals surface area contributed by atoms with Gasteiger partial charge in [-0.3, -0.25) is 4.79 Å². The second kappa shape index (κ2) is 6.91. The summed E-state index contributed by atoms with van der Waals surface area (Å²) in [7, 11) is 0. The van der Waals surface area contributed by atoms with Gasteiger partial charge in [0.1, 0.15) is 19.0 Å². The zero-order valence-corrected chi connectivity index (χ0v) is 13.7. The Morgan fingerprint density at radius 3 is 2.50 bits per heavy atom. The predicted molar refractivity (Wildman–Crippen MR) is 88.9 cm³/mol. The normalized spacial score (nSPS) is 14.3. The van der Waals surface area contributed by atoms with E-state index in [-0.39, 0.29) is 17.5 Å². The van der Waals surface area contributed by atoms with Crippen molar-refractivity contribution in [3.05, 3.63) is 59.4 Å². The molecule has 5 heteroatoms. The largest absolute Gasteiger partial charge is 0.486 e. The number of fused-ring (bicyclic) bond motifs is 1. The zero-order chi connectivity index (χ0) is 17.1. The van der Waals surface area contributed by atoms with Gasteiger partial charge in [0.2, 0.25) is 0 Å². The Hall–Kier alpha value is -2.56. The monoisotopic (exact) mass is 329 g/mol. The van der Waals surface area contributed by atoms with Gasteiger partial charge in [-0.15, -0.1) is 0 Å². The molecule has 1 heterocycles. The lowest BCUT2D eigenvalue weighted by molar-refractivity contribution is 0.0921. The van der Waals surface area contributed by atoms with Crippen LogP contribution in [0.3, 0.4) is 0 Å². The number of ether oxygens (including phenoxy) is 2. The van der Waals surface area contributed by atoms with Crippen LogP contribution in [-0.4, -0.2) is 19.1 Å². The molecule has 1 amide bonds. The number of carbonyl (C=O) groups excluding carboxylic acids is 1. The predicted octanol–water partition coefficient (Wildman–Crippen LogP) is 3.72. The minimum atomic E-state index is -0.528. The second-order valence-electron chi connectivity index (χ2n) is 6.08. The highest BCUT2D eigenvalue weighted by Gasteiger charge is 2.23. The summed E-state index contributed by atoms with van der Waals surface area (Å²) < 4.78 is 24.9. The Morgan fingerprint density at radius 1 is 1.08 bits per heavy atom. The summed E-state index contributed by atoms with van der Waals surface area (Å²) in [5.74, 6) is 0.544. The summed E-state index contributed by atoms with van der Waals surface area (Å²) in [5.41, 5.74) is 0.944. The minimum Gasteiger partial charge on any atom is -0.486 e. The molecule has 0 radical (unpaired) electrons. The Labute approximate surface area is 140 Å². The van der Waals surface area contributed by atoms with Crippen molar-refractivity contribution in [2.24, 2.45) is 5.92 Å². The number of hydrogen-bond acceptors (Lipinski definition) is 3. The van der Waals surface area contributed by atoms with Crippen molar-refractivity contribution >= 4 is 5.91 Å². The van der Waals surface area contributed by atoms with Crippen molar-refractivity contribution in [2.75, 3.05) is 13.2 Å². The number of rotatable bonds is 4. The SMILES string of the molecule is CC(C)[C@@H](NC(=O)c1ccccc1F)c1ccc2c(c1)OCCO2. The molecule has 0 aliphatic carbocycles. The third-order valence-electron chi connectivity index (χ3n) is 4.00. The van der Waals surface area contributed by atoms with Gasteiger partial charge >= 0.3 is 0 Å². The molecule has 0 bridgehead atoms. The molecule has 0 spiro atoms. The molecule has 0 unspecified atom stereocenters. The molecule has 2 aromatic rings. The van der Waals surface area contributed by atoms with Crippen LogP contribution in [0.5, 0.6) is 11.5 Å². The van der Waals surface area contributed by atoms with Crippen LogP contribution in [0.1, 0.15) is 35.8 Å². The van der Waals surface area contributed by atoms with Crippen molar-refractivity contribution in [3.8, 4) is 11.5 Å². The van der Waals surface area contributed by atoms with E-state index < -0.39 is 11.7 Å². The summed E-state index contributed by atoms with van der Waals surface area (Å²) in [6.45, 7) is 5.04. The van der Waals surface area contributed by atoms with Crippen LogP contribution in [-0.2, 0) is 0 Å². The number of amides is 1. The van der Waals surface area contributed by atoms with E-state index in [1.54, 1.807) is 12.1 Å². The molecular weight excluding hydrogens is 309 g/mol. The van der Waals surface area contributed by atoms with Gasteiger partial charge in [0, 0.05) is 0 Å². The highest BCUT2D eigenvalue weighted by atomic mass is 19.1. The van der Waals surface area contributed by atoms with E-state index in [0.717, 1.165) is 5.56 Å². The molecular formula is C19H20FNO3. The maximum Gasteiger partial charge on any atom is 0.254 e. The summed E-state index contributed by atoms with van der Waals surface area (Å²) in [5, 5.41) is 2.92. The zero-order valence-electron chi connectivity index (χ0n) is 13.7. The highest BCUT2D eigenvalue weighted by molar-refractivity contribution is 5.94. The van der Waals surface area contributed by atoms with E-state index in [1.807, 2.05) is 32.0 Å². The van der Waals surface area contributed by atoms with Crippen LogP contribution in [0.25, 0.3) is 0 Å². The molecule has 0 aromatic heterocycles. The molecule has 1 aliphatic rings. The van der Waals surface area contributed by atoms with E-state index in [9.17, 15) is 9.18 Å². The number of halogens is 1. The highest BCUT2D eigenvalue weighted by Crippen LogP contribution is 2.34. The fourth-order valence-electron chi connectivity index (χ4n) is 2.75. The van der Waals surface area contributed by atoms with Crippen LogP contribution < -0.4 is 14.8 Å². The van der Waals surface area contributed by atoms with Crippen molar-refractivity contribution < 1.29 is 18.7 Å². The van der Waals surface area contributed by atoms with Gasteiger partial charge in [-0.25, -0.2) is 4.39 Å². The molecule has 4 nitrogen and oxygen atoms in total. The molecule has 3 rings (SSSR count). The summed E-state index contributed by atoms with van der Waals surface area (Å²) in [6.07, 6.45) is 0. The molecule has 1 aliphatic heterocycles. The van der Waals surface area contributed by atoms with Crippen molar-refractivity contribution in [1.82, 2.24) is 5.32 Å². The first-order valence-corrected chi connectivity index (χ1v) is 8.01. The Morgan fingerprint density at radius 2 is 1.79 bits per heavy atom. The maximum atomic E-state index is 13.8. The average Bonchev–Trinajstić information content (AvgIpc) is 2.59. The molecule has 126 valence electrons. The third kappa shape index (κ3) is 3.35. The molecule has 1 atom stereocenters. The summed E-state index contributed by atoms with van der Waals surface area (Å²) >= 11 is 0. The standard InChI is InChI=1S/C19H20FNO3/c1-12(2)18(21-19(22)14-5-3-4-6-15(14)20)13-7-8-16-17(11-13)24-10-9-23-16/h3-8,11-12,18H,9-10H2,1-2H3,(H,21,22)/t18-/m1/s1. The molecule has 1 N–H and O–H groups in total. The first-order chi connectivity index (χ1) is 11.6. The Kier molecular flexibility index (Phi) is 4.69. The first kappa shape index (κ1) is 16.3. The van der Waals surface area contributed by atoms with Gasteiger partial charge in [-0.05, 0) is 35.7 Å². The van der Waals surface area contributed by atoms with E-state index in [1.165, 1.54) is 12.1 Å². The third-order valence-corrected chi connectivity index (χ3v) is 4.00. The lowest BCUT2D eigenvalue weighted by Gasteiger charge is -2.25. The van der Waals surface area contributed by atoms with E-state index in [2.05, 4.69) is 5.32 Å². The van der Waals surface area contributed by atoms with E-state index in [0.29, 0.717) is 24.7 Å². The van der Waals surface area contributed by atoms with Gasteiger partial charge in [-0.1, -0.05) is 32.0 Å². The van der Waals surface area contributed by atoms with Crippen LogP contribution in [0.2, 0.25) is 0 Å². The first-order valence-electron chi connectivity index (χ1n) is 8.01. The quantitative estimate of drug-likeness (QED) is 0.930. The smallest absolute Gasteiger partial charge is 0.254 e. The van der Waals surface area contributed by atoms with Gasteiger partial charge in [0.25, 0.3) is 5.91 Å². The molecule has 0 fully saturated rings. The fraction of sp³-hybridized carbons (Fsp3) is 0.316. The molecule has 24 heavy (non-hydrogen) atoms. The van der Waals surface area contributed by atoms with Gasteiger partial charge < -0.3 is 14.8 Å². The van der Waals surface area contributed by atoms with Crippen LogP contribution in [0.15, 0.2) is 42.5 Å². The van der Waals surface area contributed by atoms with Crippen LogP contribution >= 0.6 is 0 Å².